The van der Waals surface area contributed by atoms with Gasteiger partial charge < -0.3 is 9.73 Å². The lowest BCUT2D eigenvalue weighted by molar-refractivity contribution is 0.404. The number of nitrogens with zero attached hydrogens (tertiary/aromatic N) is 2. The van der Waals surface area contributed by atoms with Crippen LogP contribution >= 0.6 is 0 Å². The molecule has 0 saturated heterocycles. The molecule has 2 heterocycles. The predicted octanol–water partition coefficient (Wildman–Crippen LogP) is 2.38. The molecule has 1 atom stereocenters. The maximum absolute atomic E-state index is 12.1. The summed E-state index contributed by atoms with van der Waals surface area (Å²) >= 11 is 0. The van der Waals surface area contributed by atoms with Crippen LogP contribution in [0.25, 0.3) is 11.0 Å². The molecule has 1 unspecified atom stereocenters. The van der Waals surface area contributed by atoms with Crippen molar-refractivity contribution >= 4 is 11.0 Å². The third-order valence-corrected chi connectivity index (χ3v) is 3.77. The van der Waals surface area contributed by atoms with Crippen molar-refractivity contribution < 1.29 is 4.42 Å². The van der Waals surface area contributed by atoms with E-state index in [9.17, 15) is 4.79 Å². The zero-order valence-electron chi connectivity index (χ0n) is 12.2. The van der Waals surface area contributed by atoms with Crippen molar-refractivity contribution in [3.05, 3.63) is 59.0 Å². The number of hydrogen-bond donors (Lipinski definition) is 1. The Morgan fingerprint density at radius 2 is 2.00 bits per heavy atom. The van der Waals surface area contributed by atoms with Crippen LogP contribution in [-0.2, 0) is 13.1 Å². The van der Waals surface area contributed by atoms with Gasteiger partial charge in [0.25, 0.3) is 0 Å². The Hall–Kier alpha value is -2.27. The fraction of sp³-hybridized carbons (Fsp3) is 0.312. The van der Waals surface area contributed by atoms with E-state index in [1.807, 2.05) is 56.7 Å². The first-order valence-corrected chi connectivity index (χ1v) is 7.14. The largest absolute Gasteiger partial charge is 0.459 e. The minimum Gasteiger partial charge on any atom is -0.459 e. The van der Waals surface area contributed by atoms with Crippen molar-refractivity contribution in [3.8, 4) is 0 Å². The number of furan rings is 1. The monoisotopic (exact) mass is 285 g/mol. The average molecular weight is 285 g/mol. The lowest BCUT2D eigenvalue weighted by Gasteiger charge is -2.13. The molecule has 1 N–H and O–H groups in total. The molecule has 5 nitrogen and oxygen atoms in total. The van der Waals surface area contributed by atoms with E-state index in [-0.39, 0.29) is 11.7 Å². The lowest BCUT2D eigenvalue weighted by atomic mass is 10.2. The van der Waals surface area contributed by atoms with Gasteiger partial charge in [0, 0.05) is 30.9 Å². The molecule has 0 radical (unpaired) electrons. The van der Waals surface area contributed by atoms with Gasteiger partial charge >= 0.3 is 5.69 Å². The Morgan fingerprint density at radius 3 is 2.67 bits per heavy atom. The van der Waals surface area contributed by atoms with E-state index >= 15 is 0 Å². The van der Waals surface area contributed by atoms with Gasteiger partial charge in [0.05, 0.1) is 6.04 Å². The van der Waals surface area contributed by atoms with Gasteiger partial charge in [-0.3, -0.25) is 9.13 Å². The van der Waals surface area contributed by atoms with Crippen LogP contribution in [0.3, 0.4) is 0 Å². The van der Waals surface area contributed by atoms with Crippen molar-refractivity contribution in [2.24, 2.45) is 0 Å². The van der Waals surface area contributed by atoms with Crippen molar-refractivity contribution in [3.63, 3.8) is 0 Å². The Bertz CT molecular complexity index is 764. The SMILES string of the molecule is CCn1ccn(CC(NC)c2cc3ccccc3o2)c1=O. The minimum absolute atomic E-state index is 0.00820. The van der Waals surface area contributed by atoms with E-state index in [1.165, 1.54) is 0 Å². The predicted molar refractivity (Wildman–Crippen MR) is 82.4 cm³/mol. The molecule has 21 heavy (non-hydrogen) atoms. The summed E-state index contributed by atoms with van der Waals surface area (Å²) in [5.74, 6) is 0.842. The Morgan fingerprint density at radius 1 is 1.24 bits per heavy atom. The zero-order chi connectivity index (χ0) is 14.8. The molecule has 2 aromatic heterocycles. The molecule has 5 heteroatoms. The summed E-state index contributed by atoms with van der Waals surface area (Å²) in [7, 11) is 1.87. The molecule has 0 amide bonds. The summed E-state index contributed by atoms with van der Waals surface area (Å²) in [6.07, 6.45) is 3.63. The molecule has 0 aliphatic rings. The van der Waals surface area contributed by atoms with Crippen LogP contribution in [-0.4, -0.2) is 16.2 Å². The zero-order valence-corrected chi connectivity index (χ0v) is 12.2. The second-order valence-corrected chi connectivity index (χ2v) is 5.05. The van der Waals surface area contributed by atoms with Crippen LogP contribution in [0.15, 0.2) is 51.9 Å². The molecule has 3 rings (SSSR count). The first-order valence-electron chi connectivity index (χ1n) is 7.14. The van der Waals surface area contributed by atoms with Crippen LogP contribution in [0.1, 0.15) is 18.7 Å². The Labute approximate surface area is 122 Å². The third-order valence-electron chi connectivity index (χ3n) is 3.77. The normalized spacial score (nSPS) is 12.9. The summed E-state index contributed by atoms with van der Waals surface area (Å²) in [5, 5.41) is 4.29. The van der Waals surface area contributed by atoms with Crippen LogP contribution in [0.5, 0.6) is 0 Å². The maximum Gasteiger partial charge on any atom is 0.328 e. The van der Waals surface area contributed by atoms with Gasteiger partial charge in [0.15, 0.2) is 0 Å². The number of likely N-dealkylation sites (N-methyl/N-ethyl adjacent to an activating group) is 1. The summed E-state index contributed by atoms with van der Waals surface area (Å²) in [6.45, 7) is 3.18. The molecular formula is C16H19N3O2. The van der Waals surface area contributed by atoms with Crippen LogP contribution in [0.2, 0.25) is 0 Å². The van der Waals surface area contributed by atoms with Crippen LogP contribution < -0.4 is 11.0 Å². The number of aryl methyl sites for hydroxylation is 1. The lowest BCUT2D eigenvalue weighted by Crippen LogP contribution is -2.29. The highest BCUT2D eigenvalue weighted by Gasteiger charge is 2.16. The van der Waals surface area contributed by atoms with E-state index in [0.717, 1.165) is 16.7 Å². The molecule has 0 aliphatic carbocycles. The van der Waals surface area contributed by atoms with Crippen molar-refractivity contribution in [1.82, 2.24) is 14.5 Å². The molecule has 0 aliphatic heterocycles. The fourth-order valence-electron chi connectivity index (χ4n) is 2.53. The summed E-state index contributed by atoms with van der Waals surface area (Å²) in [6, 6.07) is 9.90. The van der Waals surface area contributed by atoms with Crippen molar-refractivity contribution in [2.45, 2.75) is 26.1 Å². The second kappa shape index (κ2) is 5.61. The quantitative estimate of drug-likeness (QED) is 0.783. The highest BCUT2D eigenvalue weighted by molar-refractivity contribution is 5.77. The highest BCUT2D eigenvalue weighted by atomic mass is 16.3. The number of hydrogen-bond acceptors (Lipinski definition) is 3. The van der Waals surface area contributed by atoms with E-state index in [4.69, 9.17) is 4.42 Å². The molecule has 0 fully saturated rings. The smallest absolute Gasteiger partial charge is 0.328 e. The second-order valence-electron chi connectivity index (χ2n) is 5.05. The molecule has 1 aromatic carbocycles. The number of nitrogens with one attached hydrogen (secondary N) is 1. The van der Waals surface area contributed by atoms with Gasteiger partial charge in [-0.2, -0.15) is 0 Å². The van der Waals surface area contributed by atoms with Gasteiger partial charge in [-0.1, -0.05) is 18.2 Å². The van der Waals surface area contributed by atoms with Gasteiger partial charge in [-0.25, -0.2) is 4.79 Å². The van der Waals surface area contributed by atoms with E-state index < -0.39 is 0 Å². The number of imidazole rings is 1. The third kappa shape index (κ3) is 2.52. The molecule has 3 aromatic rings. The first kappa shape index (κ1) is 13.7. The van der Waals surface area contributed by atoms with E-state index in [2.05, 4.69) is 5.32 Å². The summed E-state index contributed by atoms with van der Waals surface area (Å²) in [4.78, 5) is 12.1. The molecule has 0 saturated carbocycles. The highest BCUT2D eigenvalue weighted by Crippen LogP contribution is 2.24. The molecular weight excluding hydrogens is 266 g/mol. The molecule has 110 valence electrons. The Balaban J connectivity index is 1.90. The van der Waals surface area contributed by atoms with Crippen LogP contribution in [0, 0.1) is 0 Å². The standard InChI is InChI=1S/C16H19N3O2/c1-3-18-8-9-19(16(18)20)11-13(17-2)15-10-12-6-4-5-7-14(12)21-15/h4-10,13,17H,3,11H2,1-2H3. The average Bonchev–Trinajstić information content (AvgIpc) is 3.08. The first-order chi connectivity index (χ1) is 10.2. The van der Waals surface area contributed by atoms with Gasteiger partial charge in [0.1, 0.15) is 11.3 Å². The molecule has 0 spiro atoms. The van der Waals surface area contributed by atoms with Crippen molar-refractivity contribution in [1.29, 1.82) is 0 Å². The summed E-state index contributed by atoms with van der Waals surface area (Å²) in [5.41, 5.74) is 0.875. The number of rotatable bonds is 5. The number of fused-ring (bicyclic) bond motifs is 1. The van der Waals surface area contributed by atoms with E-state index in [0.29, 0.717) is 13.1 Å². The van der Waals surface area contributed by atoms with Crippen LogP contribution in [0.4, 0.5) is 0 Å². The number of aromatic nitrogens is 2. The summed E-state index contributed by atoms with van der Waals surface area (Å²) < 4.78 is 9.27. The minimum atomic E-state index is -0.0391. The van der Waals surface area contributed by atoms with Gasteiger partial charge in [-0.05, 0) is 26.1 Å². The maximum atomic E-state index is 12.1. The number of benzene rings is 1. The molecule has 0 bridgehead atoms. The Kier molecular flexibility index (Phi) is 3.66. The van der Waals surface area contributed by atoms with Gasteiger partial charge in [-0.15, -0.1) is 0 Å². The van der Waals surface area contributed by atoms with E-state index in [1.54, 1.807) is 9.13 Å². The number of para-hydroxylation sites is 1. The van der Waals surface area contributed by atoms with Crippen molar-refractivity contribution in [2.75, 3.05) is 7.05 Å². The topological polar surface area (TPSA) is 52.1 Å². The fourth-order valence-corrected chi connectivity index (χ4v) is 2.53. The van der Waals surface area contributed by atoms with Gasteiger partial charge in [0.2, 0.25) is 0 Å².